The lowest BCUT2D eigenvalue weighted by atomic mass is 10.2. The van der Waals surface area contributed by atoms with Gasteiger partial charge in [0.15, 0.2) is 5.65 Å². The van der Waals surface area contributed by atoms with E-state index < -0.39 is 0 Å². The smallest absolute Gasteiger partial charge is 0.157 e. The third-order valence-electron chi connectivity index (χ3n) is 2.91. The summed E-state index contributed by atoms with van der Waals surface area (Å²) >= 11 is 0. The Labute approximate surface area is 109 Å². The molecule has 2 aromatic heterocycles. The number of rotatable bonds is 3. The molecular formula is C14H13FN4. The maximum atomic E-state index is 12.8. The minimum absolute atomic E-state index is 0.224. The van der Waals surface area contributed by atoms with Gasteiger partial charge >= 0.3 is 0 Å². The maximum Gasteiger partial charge on any atom is 0.157 e. The molecular weight excluding hydrogens is 243 g/mol. The second kappa shape index (κ2) is 4.68. The number of benzene rings is 1. The molecule has 96 valence electrons. The van der Waals surface area contributed by atoms with E-state index >= 15 is 0 Å². The number of aromatic nitrogens is 3. The molecule has 0 aliphatic carbocycles. The molecule has 1 N–H and O–H groups in total. The summed E-state index contributed by atoms with van der Waals surface area (Å²) in [4.78, 5) is 4.17. The molecule has 0 bridgehead atoms. The standard InChI is InChI=1S/C14H13FN4/c1-10-6-13(19-14(7-10)17-9-18-19)16-8-11-2-4-12(15)5-3-11/h2-7,9,16H,8H2,1H3. The lowest BCUT2D eigenvalue weighted by Gasteiger charge is -2.09. The summed E-state index contributed by atoms with van der Waals surface area (Å²) in [5.41, 5.74) is 2.93. The van der Waals surface area contributed by atoms with Gasteiger partial charge in [-0.1, -0.05) is 12.1 Å². The monoisotopic (exact) mass is 256 g/mol. The van der Waals surface area contributed by atoms with Crippen LogP contribution < -0.4 is 5.32 Å². The van der Waals surface area contributed by atoms with Gasteiger partial charge in [-0.15, -0.1) is 0 Å². The highest BCUT2D eigenvalue weighted by molar-refractivity contribution is 5.51. The van der Waals surface area contributed by atoms with Crippen molar-refractivity contribution in [3.8, 4) is 0 Å². The molecule has 0 fully saturated rings. The maximum absolute atomic E-state index is 12.8. The minimum Gasteiger partial charge on any atom is -0.366 e. The van der Waals surface area contributed by atoms with Crippen LogP contribution in [0, 0.1) is 12.7 Å². The average molecular weight is 256 g/mol. The molecule has 3 aromatic rings. The molecule has 19 heavy (non-hydrogen) atoms. The number of fused-ring (bicyclic) bond motifs is 1. The third-order valence-corrected chi connectivity index (χ3v) is 2.91. The Bertz CT molecular complexity index is 703. The number of halogens is 1. The molecule has 0 atom stereocenters. The van der Waals surface area contributed by atoms with Crippen molar-refractivity contribution >= 4 is 11.5 Å². The van der Waals surface area contributed by atoms with Crippen molar-refractivity contribution < 1.29 is 4.39 Å². The molecule has 0 spiro atoms. The zero-order valence-corrected chi connectivity index (χ0v) is 10.5. The highest BCUT2D eigenvalue weighted by atomic mass is 19.1. The largest absolute Gasteiger partial charge is 0.366 e. The van der Waals surface area contributed by atoms with Crippen molar-refractivity contribution in [1.82, 2.24) is 14.6 Å². The molecule has 0 saturated heterocycles. The summed E-state index contributed by atoms with van der Waals surface area (Å²) in [6.45, 7) is 2.62. The number of nitrogens with one attached hydrogen (secondary N) is 1. The van der Waals surface area contributed by atoms with E-state index in [1.54, 1.807) is 16.6 Å². The van der Waals surface area contributed by atoms with E-state index in [4.69, 9.17) is 0 Å². The lowest BCUT2D eigenvalue weighted by Crippen LogP contribution is -2.05. The van der Waals surface area contributed by atoms with Gasteiger partial charge in [0, 0.05) is 6.54 Å². The molecule has 2 heterocycles. The first-order chi connectivity index (χ1) is 9.22. The Morgan fingerprint density at radius 3 is 2.79 bits per heavy atom. The highest BCUT2D eigenvalue weighted by Crippen LogP contribution is 2.14. The summed E-state index contributed by atoms with van der Waals surface area (Å²) in [5, 5.41) is 7.46. The molecule has 0 saturated carbocycles. The van der Waals surface area contributed by atoms with Crippen molar-refractivity contribution in [2.45, 2.75) is 13.5 Å². The Morgan fingerprint density at radius 2 is 2.00 bits per heavy atom. The second-order valence-electron chi connectivity index (χ2n) is 4.43. The van der Waals surface area contributed by atoms with Crippen molar-refractivity contribution in [2.75, 3.05) is 5.32 Å². The first kappa shape index (κ1) is 11.6. The van der Waals surface area contributed by atoms with Crippen molar-refractivity contribution in [1.29, 1.82) is 0 Å². The van der Waals surface area contributed by atoms with Gasteiger partial charge in [-0.25, -0.2) is 9.37 Å². The van der Waals surface area contributed by atoms with Gasteiger partial charge in [-0.05, 0) is 42.3 Å². The van der Waals surface area contributed by atoms with Crippen LogP contribution in [0.2, 0.25) is 0 Å². The fourth-order valence-corrected chi connectivity index (χ4v) is 1.98. The van der Waals surface area contributed by atoms with E-state index in [0.29, 0.717) is 6.54 Å². The van der Waals surface area contributed by atoms with Crippen molar-refractivity contribution in [3.63, 3.8) is 0 Å². The van der Waals surface area contributed by atoms with Crippen LogP contribution in [0.3, 0.4) is 0 Å². The molecule has 4 nitrogen and oxygen atoms in total. The van der Waals surface area contributed by atoms with Crippen LogP contribution in [-0.2, 0) is 6.54 Å². The van der Waals surface area contributed by atoms with E-state index in [2.05, 4.69) is 15.4 Å². The summed E-state index contributed by atoms with van der Waals surface area (Å²) in [5.74, 6) is 0.648. The van der Waals surface area contributed by atoms with Crippen molar-refractivity contribution in [3.05, 3.63) is 59.7 Å². The number of pyridine rings is 1. The zero-order chi connectivity index (χ0) is 13.2. The molecule has 0 aliphatic heterocycles. The Morgan fingerprint density at radius 1 is 1.21 bits per heavy atom. The summed E-state index contributed by atoms with van der Waals surface area (Å²) < 4.78 is 14.6. The molecule has 0 amide bonds. The van der Waals surface area contributed by atoms with Crippen LogP contribution in [0.1, 0.15) is 11.1 Å². The molecule has 5 heteroatoms. The summed E-state index contributed by atoms with van der Waals surface area (Å²) in [7, 11) is 0. The topological polar surface area (TPSA) is 42.2 Å². The first-order valence-electron chi connectivity index (χ1n) is 6.01. The van der Waals surface area contributed by atoms with Gasteiger partial charge in [0.05, 0.1) is 0 Å². The number of hydrogen-bond acceptors (Lipinski definition) is 3. The van der Waals surface area contributed by atoms with Crippen LogP contribution in [0.25, 0.3) is 5.65 Å². The number of hydrogen-bond donors (Lipinski definition) is 1. The van der Waals surface area contributed by atoms with E-state index in [1.807, 2.05) is 19.1 Å². The van der Waals surface area contributed by atoms with Gasteiger partial charge in [0.2, 0.25) is 0 Å². The van der Waals surface area contributed by atoms with Gasteiger partial charge in [-0.2, -0.15) is 9.61 Å². The summed E-state index contributed by atoms with van der Waals surface area (Å²) in [6, 6.07) is 10.4. The highest BCUT2D eigenvalue weighted by Gasteiger charge is 2.03. The minimum atomic E-state index is -0.224. The molecule has 0 unspecified atom stereocenters. The van der Waals surface area contributed by atoms with Crippen LogP contribution >= 0.6 is 0 Å². The lowest BCUT2D eigenvalue weighted by molar-refractivity contribution is 0.627. The molecule has 3 rings (SSSR count). The van der Waals surface area contributed by atoms with Crippen LogP contribution in [0.15, 0.2) is 42.7 Å². The molecule has 1 aromatic carbocycles. The Kier molecular flexibility index (Phi) is 2.87. The SMILES string of the molecule is Cc1cc(NCc2ccc(F)cc2)n2ncnc2c1. The van der Waals surface area contributed by atoms with Gasteiger partial charge in [0.1, 0.15) is 18.0 Å². The second-order valence-corrected chi connectivity index (χ2v) is 4.43. The van der Waals surface area contributed by atoms with Crippen LogP contribution in [0.5, 0.6) is 0 Å². The Balaban J connectivity index is 1.85. The van der Waals surface area contributed by atoms with Gasteiger partial charge in [-0.3, -0.25) is 0 Å². The molecule has 0 radical (unpaired) electrons. The predicted molar refractivity (Wildman–Crippen MR) is 71.5 cm³/mol. The van der Waals surface area contributed by atoms with Gasteiger partial charge < -0.3 is 5.32 Å². The normalized spacial score (nSPS) is 10.8. The van der Waals surface area contributed by atoms with Crippen LogP contribution in [0.4, 0.5) is 10.2 Å². The van der Waals surface area contributed by atoms with Crippen molar-refractivity contribution in [2.24, 2.45) is 0 Å². The number of anilines is 1. The predicted octanol–water partition coefficient (Wildman–Crippen LogP) is 2.79. The average Bonchev–Trinajstić information content (AvgIpc) is 2.85. The Hall–Kier alpha value is -2.43. The zero-order valence-electron chi connectivity index (χ0n) is 10.5. The molecule has 0 aliphatic rings. The van der Waals surface area contributed by atoms with E-state index in [0.717, 1.165) is 22.6 Å². The van der Waals surface area contributed by atoms with E-state index in [1.165, 1.54) is 18.5 Å². The first-order valence-corrected chi connectivity index (χ1v) is 6.01. The number of aryl methyl sites for hydroxylation is 1. The van der Waals surface area contributed by atoms with E-state index in [9.17, 15) is 4.39 Å². The summed E-state index contributed by atoms with van der Waals surface area (Å²) in [6.07, 6.45) is 1.53. The number of nitrogens with zero attached hydrogens (tertiary/aromatic N) is 3. The van der Waals surface area contributed by atoms with Gasteiger partial charge in [0.25, 0.3) is 0 Å². The van der Waals surface area contributed by atoms with E-state index in [-0.39, 0.29) is 5.82 Å². The third kappa shape index (κ3) is 2.40. The van der Waals surface area contributed by atoms with Crippen LogP contribution in [-0.4, -0.2) is 14.6 Å². The fourth-order valence-electron chi connectivity index (χ4n) is 1.98. The fraction of sp³-hybridized carbons (Fsp3) is 0.143. The quantitative estimate of drug-likeness (QED) is 0.783.